The van der Waals surface area contributed by atoms with Crippen LogP contribution in [0, 0.1) is 5.82 Å². The summed E-state index contributed by atoms with van der Waals surface area (Å²) >= 11 is 0. The number of hydrogen-bond acceptors (Lipinski definition) is 5. The fourth-order valence-electron chi connectivity index (χ4n) is 3.31. The lowest BCUT2D eigenvalue weighted by molar-refractivity contribution is 0.0931. The van der Waals surface area contributed by atoms with Crippen molar-refractivity contribution in [1.29, 1.82) is 0 Å². The molecule has 134 valence electrons. The maximum atomic E-state index is 13.6. The number of nitrogens with one attached hydrogen (secondary N) is 1. The first-order valence-corrected chi connectivity index (χ1v) is 8.55. The van der Waals surface area contributed by atoms with Crippen molar-refractivity contribution in [3.05, 3.63) is 48.3 Å². The third-order valence-corrected chi connectivity index (χ3v) is 4.67. The first kappa shape index (κ1) is 16.4. The molecule has 7 nitrogen and oxygen atoms in total. The van der Waals surface area contributed by atoms with E-state index in [-0.39, 0.29) is 17.8 Å². The van der Waals surface area contributed by atoms with E-state index in [9.17, 15) is 9.18 Å². The van der Waals surface area contributed by atoms with E-state index in [0.717, 1.165) is 37.3 Å². The normalized spacial score (nSPS) is 15.4. The van der Waals surface area contributed by atoms with Gasteiger partial charge in [0.1, 0.15) is 18.0 Å². The molecule has 1 fully saturated rings. The number of carbonyl (C=O) groups is 1. The molecule has 2 aromatic heterocycles. The van der Waals surface area contributed by atoms with Gasteiger partial charge in [0.2, 0.25) is 0 Å². The van der Waals surface area contributed by atoms with Gasteiger partial charge in [-0.3, -0.25) is 9.48 Å². The summed E-state index contributed by atoms with van der Waals surface area (Å²) < 4.78 is 15.2. The van der Waals surface area contributed by atoms with E-state index in [2.05, 4.69) is 25.3 Å². The molecule has 1 aromatic carbocycles. The second-order valence-corrected chi connectivity index (χ2v) is 6.50. The Labute approximate surface area is 149 Å². The number of rotatable bonds is 3. The number of nitrogens with zero attached hydrogens (tertiary/aromatic N) is 5. The Morgan fingerprint density at radius 3 is 2.81 bits per heavy atom. The van der Waals surface area contributed by atoms with Crippen LogP contribution in [0.1, 0.15) is 23.2 Å². The molecule has 3 heterocycles. The Balaban J connectivity index is 1.44. The summed E-state index contributed by atoms with van der Waals surface area (Å²) in [5.41, 5.74) is 1.29. The number of piperidine rings is 1. The SMILES string of the molecule is Cn1cc(C(=O)NC2CCN(c3ncnc4ccc(F)cc34)CC2)cn1. The van der Waals surface area contributed by atoms with Gasteiger partial charge in [0, 0.05) is 37.8 Å². The van der Waals surface area contributed by atoms with Crippen molar-refractivity contribution in [3.63, 3.8) is 0 Å². The molecule has 0 saturated carbocycles. The molecule has 1 aliphatic rings. The highest BCUT2D eigenvalue weighted by atomic mass is 19.1. The molecule has 8 heteroatoms. The minimum Gasteiger partial charge on any atom is -0.356 e. The van der Waals surface area contributed by atoms with E-state index in [4.69, 9.17) is 0 Å². The van der Waals surface area contributed by atoms with Gasteiger partial charge in [0.25, 0.3) is 5.91 Å². The molecular formula is C18H19FN6O. The van der Waals surface area contributed by atoms with Gasteiger partial charge in [-0.15, -0.1) is 0 Å². The molecule has 3 aromatic rings. The zero-order valence-electron chi connectivity index (χ0n) is 14.4. The summed E-state index contributed by atoms with van der Waals surface area (Å²) in [6.07, 6.45) is 6.36. The van der Waals surface area contributed by atoms with Gasteiger partial charge in [-0.1, -0.05) is 0 Å². The highest BCUT2D eigenvalue weighted by molar-refractivity contribution is 5.94. The second kappa shape index (κ2) is 6.70. The number of halogens is 1. The maximum Gasteiger partial charge on any atom is 0.254 e. The highest BCUT2D eigenvalue weighted by Crippen LogP contribution is 2.26. The van der Waals surface area contributed by atoms with Gasteiger partial charge in [0.05, 0.1) is 17.3 Å². The maximum absolute atomic E-state index is 13.6. The molecule has 1 N–H and O–H groups in total. The lowest BCUT2D eigenvalue weighted by Crippen LogP contribution is -2.45. The predicted octanol–water partition coefficient (Wildman–Crippen LogP) is 1.90. The average molecular weight is 354 g/mol. The van der Waals surface area contributed by atoms with Crippen LogP contribution in [0.15, 0.2) is 36.9 Å². The molecule has 0 unspecified atom stereocenters. The number of fused-ring (bicyclic) bond motifs is 1. The minimum absolute atomic E-state index is 0.101. The van der Waals surface area contributed by atoms with Crippen molar-refractivity contribution in [2.45, 2.75) is 18.9 Å². The van der Waals surface area contributed by atoms with E-state index >= 15 is 0 Å². The highest BCUT2D eigenvalue weighted by Gasteiger charge is 2.23. The number of carbonyl (C=O) groups excluding carboxylic acids is 1. The fraction of sp³-hybridized carbons (Fsp3) is 0.333. The topological polar surface area (TPSA) is 75.9 Å². The number of hydrogen-bond donors (Lipinski definition) is 1. The number of aromatic nitrogens is 4. The Hall–Kier alpha value is -3.03. The second-order valence-electron chi connectivity index (χ2n) is 6.50. The van der Waals surface area contributed by atoms with Crippen molar-refractivity contribution in [1.82, 2.24) is 25.1 Å². The molecule has 0 atom stereocenters. The molecule has 0 bridgehead atoms. The third kappa shape index (κ3) is 3.22. The Kier molecular flexibility index (Phi) is 4.24. The van der Waals surface area contributed by atoms with E-state index < -0.39 is 0 Å². The summed E-state index contributed by atoms with van der Waals surface area (Å²) in [4.78, 5) is 22.9. The molecular weight excluding hydrogens is 335 g/mol. The molecule has 0 aliphatic carbocycles. The van der Waals surface area contributed by atoms with Crippen LogP contribution >= 0.6 is 0 Å². The van der Waals surface area contributed by atoms with Gasteiger partial charge < -0.3 is 10.2 Å². The Morgan fingerprint density at radius 1 is 1.27 bits per heavy atom. The van der Waals surface area contributed by atoms with Gasteiger partial charge in [-0.2, -0.15) is 5.10 Å². The summed E-state index contributed by atoms with van der Waals surface area (Å²) in [6, 6.07) is 4.64. The minimum atomic E-state index is -0.299. The number of benzene rings is 1. The lowest BCUT2D eigenvalue weighted by atomic mass is 10.0. The smallest absolute Gasteiger partial charge is 0.254 e. The Bertz CT molecular complexity index is 948. The summed E-state index contributed by atoms with van der Waals surface area (Å²) in [5.74, 6) is 0.338. The average Bonchev–Trinajstić information content (AvgIpc) is 3.08. The lowest BCUT2D eigenvalue weighted by Gasteiger charge is -2.33. The van der Waals surface area contributed by atoms with Gasteiger partial charge in [-0.05, 0) is 31.0 Å². The van der Waals surface area contributed by atoms with Crippen molar-refractivity contribution < 1.29 is 9.18 Å². The first-order valence-electron chi connectivity index (χ1n) is 8.55. The van der Waals surface area contributed by atoms with Crippen LogP contribution in [-0.2, 0) is 7.05 Å². The van der Waals surface area contributed by atoms with Crippen LogP contribution in [0.5, 0.6) is 0 Å². The number of anilines is 1. The standard InChI is InChI=1S/C18H19FN6O/c1-24-10-12(9-22-24)18(26)23-14-4-6-25(7-5-14)17-15-8-13(19)2-3-16(15)20-11-21-17/h2-3,8-11,14H,4-7H2,1H3,(H,23,26). The van der Waals surface area contributed by atoms with Gasteiger partial charge >= 0.3 is 0 Å². The summed E-state index contributed by atoms with van der Waals surface area (Å²) in [5, 5.41) is 7.79. The summed E-state index contributed by atoms with van der Waals surface area (Å²) in [6.45, 7) is 1.47. The van der Waals surface area contributed by atoms with Crippen LogP contribution in [-0.4, -0.2) is 44.8 Å². The van der Waals surface area contributed by atoms with Crippen LogP contribution in [0.2, 0.25) is 0 Å². The largest absolute Gasteiger partial charge is 0.356 e. The van der Waals surface area contributed by atoms with Gasteiger partial charge in [-0.25, -0.2) is 14.4 Å². The number of aryl methyl sites for hydroxylation is 1. The zero-order chi connectivity index (χ0) is 18.1. The summed E-state index contributed by atoms with van der Waals surface area (Å²) in [7, 11) is 1.78. The molecule has 1 aliphatic heterocycles. The Morgan fingerprint density at radius 2 is 2.08 bits per heavy atom. The van der Waals surface area contributed by atoms with Gasteiger partial charge in [0.15, 0.2) is 0 Å². The van der Waals surface area contributed by atoms with E-state index in [1.54, 1.807) is 30.2 Å². The van der Waals surface area contributed by atoms with E-state index in [1.165, 1.54) is 18.5 Å². The predicted molar refractivity (Wildman–Crippen MR) is 95.4 cm³/mol. The van der Waals surface area contributed by atoms with Crippen molar-refractivity contribution in [2.75, 3.05) is 18.0 Å². The molecule has 4 rings (SSSR count). The van der Waals surface area contributed by atoms with Crippen molar-refractivity contribution >= 4 is 22.6 Å². The first-order chi connectivity index (χ1) is 12.6. The number of amides is 1. The third-order valence-electron chi connectivity index (χ3n) is 4.67. The molecule has 1 amide bonds. The van der Waals surface area contributed by atoms with E-state index in [1.807, 2.05) is 0 Å². The molecule has 0 radical (unpaired) electrons. The monoisotopic (exact) mass is 354 g/mol. The van der Waals surface area contributed by atoms with Crippen molar-refractivity contribution in [2.24, 2.45) is 7.05 Å². The van der Waals surface area contributed by atoms with Crippen LogP contribution in [0.25, 0.3) is 10.9 Å². The van der Waals surface area contributed by atoms with Crippen LogP contribution in [0.3, 0.4) is 0 Å². The molecule has 26 heavy (non-hydrogen) atoms. The fourth-order valence-corrected chi connectivity index (χ4v) is 3.31. The zero-order valence-corrected chi connectivity index (χ0v) is 14.4. The van der Waals surface area contributed by atoms with Crippen LogP contribution in [0.4, 0.5) is 10.2 Å². The molecule has 0 spiro atoms. The molecule has 1 saturated heterocycles. The van der Waals surface area contributed by atoms with Crippen molar-refractivity contribution in [3.8, 4) is 0 Å². The quantitative estimate of drug-likeness (QED) is 0.777. The van der Waals surface area contributed by atoms with E-state index in [0.29, 0.717) is 10.9 Å². The van der Waals surface area contributed by atoms with Crippen LogP contribution < -0.4 is 10.2 Å².